The summed E-state index contributed by atoms with van der Waals surface area (Å²) in [5, 5.41) is 0.316. The largest absolute Gasteiger partial charge is 0.289 e. The van der Waals surface area contributed by atoms with Crippen LogP contribution in [0.4, 0.5) is 0 Å². The van der Waals surface area contributed by atoms with Crippen LogP contribution in [0.15, 0.2) is 76.5 Å². The molecular formula is C20H11ClO2S. The first-order chi connectivity index (χ1) is 11.7. The molecule has 0 saturated carbocycles. The molecule has 4 heteroatoms. The minimum atomic E-state index is -0.191. The second-order valence-electron chi connectivity index (χ2n) is 5.41. The third kappa shape index (κ3) is 2.37. The van der Waals surface area contributed by atoms with Gasteiger partial charge in [-0.05, 0) is 24.3 Å². The molecular weight excluding hydrogens is 340 g/mol. The summed E-state index contributed by atoms with van der Waals surface area (Å²) in [4.78, 5) is 27.6. The summed E-state index contributed by atoms with van der Waals surface area (Å²) >= 11 is 7.67. The highest BCUT2D eigenvalue weighted by Gasteiger charge is 2.33. The molecule has 0 saturated heterocycles. The van der Waals surface area contributed by atoms with Gasteiger partial charge in [-0.15, -0.1) is 0 Å². The zero-order valence-electron chi connectivity index (χ0n) is 12.5. The van der Waals surface area contributed by atoms with Gasteiger partial charge in [0.15, 0.2) is 11.6 Å². The Balaban J connectivity index is 1.89. The average Bonchev–Trinajstić information content (AvgIpc) is 2.60. The highest BCUT2D eigenvalue weighted by molar-refractivity contribution is 7.99. The fourth-order valence-electron chi connectivity index (χ4n) is 2.87. The predicted octanol–water partition coefficient (Wildman–Crippen LogP) is 5.27. The van der Waals surface area contributed by atoms with Gasteiger partial charge in [0.05, 0.1) is 10.6 Å². The van der Waals surface area contributed by atoms with Crippen molar-refractivity contribution in [2.75, 3.05) is 0 Å². The maximum absolute atomic E-state index is 13.0. The smallest absolute Gasteiger partial charge is 0.197 e. The van der Waals surface area contributed by atoms with E-state index in [4.69, 9.17) is 11.6 Å². The highest BCUT2D eigenvalue weighted by Crippen LogP contribution is 2.38. The summed E-state index contributed by atoms with van der Waals surface area (Å²) in [5.41, 5.74) is 1.56. The molecule has 4 rings (SSSR count). The number of fused-ring (bicyclic) bond motifs is 2. The summed E-state index contributed by atoms with van der Waals surface area (Å²) in [7, 11) is 0. The predicted molar refractivity (Wildman–Crippen MR) is 95.3 cm³/mol. The number of halogens is 1. The minimum Gasteiger partial charge on any atom is -0.289 e. The van der Waals surface area contributed by atoms with Crippen molar-refractivity contribution < 1.29 is 9.59 Å². The van der Waals surface area contributed by atoms with Gasteiger partial charge < -0.3 is 0 Å². The molecule has 0 spiro atoms. The first-order valence-electron chi connectivity index (χ1n) is 7.40. The molecule has 0 fully saturated rings. The molecule has 0 radical (unpaired) electrons. The summed E-state index contributed by atoms with van der Waals surface area (Å²) < 4.78 is 0. The van der Waals surface area contributed by atoms with Crippen LogP contribution < -0.4 is 0 Å². The Bertz CT molecular complexity index is 980. The Morgan fingerprint density at radius 2 is 1.33 bits per heavy atom. The van der Waals surface area contributed by atoms with Crippen LogP contribution in [0.25, 0.3) is 0 Å². The van der Waals surface area contributed by atoms with Gasteiger partial charge in [-0.1, -0.05) is 65.8 Å². The molecule has 0 amide bonds. The standard InChI is InChI=1S/C20H11ClO2S/c21-15-10-4-8-13-17(15)20(23)18-14(19(13)22)9-5-11-16(18)24-12-6-2-1-3-7-12/h1-11H. The number of hydrogen-bond donors (Lipinski definition) is 0. The second-order valence-corrected chi connectivity index (χ2v) is 6.94. The molecule has 0 bridgehead atoms. The van der Waals surface area contributed by atoms with E-state index in [1.165, 1.54) is 11.8 Å². The van der Waals surface area contributed by atoms with Crippen LogP contribution in [0.5, 0.6) is 0 Å². The van der Waals surface area contributed by atoms with E-state index in [2.05, 4.69) is 0 Å². The van der Waals surface area contributed by atoms with Crippen LogP contribution in [0.1, 0.15) is 31.8 Å². The minimum absolute atomic E-state index is 0.155. The van der Waals surface area contributed by atoms with Crippen LogP contribution in [0.2, 0.25) is 5.02 Å². The Labute approximate surface area is 148 Å². The summed E-state index contributed by atoms with van der Waals surface area (Å²) in [6, 6.07) is 20.1. The van der Waals surface area contributed by atoms with Crippen molar-refractivity contribution in [2.24, 2.45) is 0 Å². The molecule has 3 aromatic rings. The maximum Gasteiger partial charge on any atom is 0.197 e. The van der Waals surface area contributed by atoms with Crippen LogP contribution in [-0.2, 0) is 0 Å². The topological polar surface area (TPSA) is 34.1 Å². The quantitative estimate of drug-likeness (QED) is 0.494. The molecule has 0 unspecified atom stereocenters. The van der Waals surface area contributed by atoms with E-state index >= 15 is 0 Å². The zero-order valence-corrected chi connectivity index (χ0v) is 14.0. The molecule has 0 aliphatic heterocycles. The van der Waals surface area contributed by atoms with Crippen molar-refractivity contribution in [2.45, 2.75) is 9.79 Å². The van der Waals surface area contributed by atoms with Gasteiger partial charge in [-0.2, -0.15) is 0 Å². The van der Waals surface area contributed by atoms with E-state index in [-0.39, 0.29) is 11.6 Å². The summed E-state index contributed by atoms with van der Waals surface area (Å²) in [6.45, 7) is 0. The number of carbonyl (C=O) groups excluding carboxylic acids is 2. The summed E-state index contributed by atoms with van der Waals surface area (Å²) in [5.74, 6) is -0.346. The molecule has 1 aliphatic carbocycles. The van der Waals surface area contributed by atoms with Crippen LogP contribution >= 0.6 is 23.4 Å². The van der Waals surface area contributed by atoms with Gasteiger partial charge in [0.2, 0.25) is 0 Å². The lowest BCUT2D eigenvalue weighted by molar-refractivity contribution is 0.0977. The lowest BCUT2D eigenvalue weighted by atomic mass is 9.84. The first-order valence-corrected chi connectivity index (χ1v) is 8.60. The molecule has 0 atom stereocenters. The van der Waals surface area contributed by atoms with Crippen molar-refractivity contribution in [1.29, 1.82) is 0 Å². The van der Waals surface area contributed by atoms with Gasteiger partial charge in [-0.25, -0.2) is 0 Å². The normalized spacial score (nSPS) is 12.7. The molecule has 0 N–H and O–H groups in total. The van der Waals surface area contributed by atoms with Crippen molar-refractivity contribution >= 4 is 34.9 Å². The van der Waals surface area contributed by atoms with E-state index < -0.39 is 0 Å². The molecule has 1 aliphatic rings. The fraction of sp³-hybridized carbons (Fsp3) is 0. The van der Waals surface area contributed by atoms with Crippen LogP contribution in [0, 0.1) is 0 Å². The van der Waals surface area contributed by atoms with Crippen molar-refractivity contribution in [1.82, 2.24) is 0 Å². The zero-order chi connectivity index (χ0) is 16.7. The van der Waals surface area contributed by atoms with E-state index in [1.807, 2.05) is 42.5 Å². The second kappa shape index (κ2) is 5.93. The number of rotatable bonds is 2. The molecule has 116 valence electrons. The Morgan fingerprint density at radius 3 is 2.08 bits per heavy atom. The van der Waals surface area contributed by atoms with E-state index in [0.717, 1.165) is 9.79 Å². The highest BCUT2D eigenvalue weighted by atomic mass is 35.5. The number of ketones is 2. The van der Waals surface area contributed by atoms with Gasteiger partial charge in [0, 0.05) is 26.5 Å². The lowest BCUT2D eigenvalue weighted by Gasteiger charge is -2.20. The van der Waals surface area contributed by atoms with Gasteiger partial charge >= 0.3 is 0 Å². The van der Waals surface area contributed by atoms with Gasteiger partial charge in [0.1, 0.15) is 0 Å². The fourth-order valence-corrected chi connectivity index (χ4v) is 4.13. The van der Waals surface area contributed by atoms with E-state index in [9.17, 15) is 9.59 Å². The molecule has 3 aromatic carbocycles. The van der Waals surface area contributed by atoms with E-state index in [0.29, 0.717) is 27.3 Å². The molecule has 2 nitrogen and oxygen atoms in total. The Morgan fingerprint density at radius 1 is 0.667 bits per heavy atom. The number of hydrogen-bond acceptors (Lipinski definition) is 3. The van der Waals surface area contributed by atoms with Crippen molar-refractivity contribution in [3.05, 3.63) is 94.0 Å². The van der Waals surface area contributed by atoms with Gasteiger partial charge in [-0.3, -0.25) is 9.59 Å². The number of carbonyl (C=O) groups is 2. The monoisotopic (exact) mass is 350 g/mol. The third-order valence-electron chi connectivity index (χ3n) is 3.95. The maximum atomic E-state index is 13.0. The lowest BCUT2D eigenvalue weighted by Crippen LogP contribution is -2.22. The summed E-state index contributed by atoms with van der Waals surface area (Å²) in [6.07, 6.45) is 0. The molecule has 0 aromatic heterocycles. The Hall–Kier alpha value is -2.36. The molecule has 24 heavy (non-hydrogen) atoms. The van der Waals surface area contributed by atoms with Crippen LogP contribution in [0.3, 0.4) is 0 Å². The van der Waals surface area contributed by atoms with Crippen LogP contribution in [-0.4, -0.2) is 11.6 Å². The van der Waals surface area contributed by atoms with Crippen molar-refractivity contribution in [3.8, 4) is 0 Å². The van der Waals surface area contributed by atoms with E-state index in [1.54, 1.807) is 24.3 Å². The Kier molecular flexibility index (Phi) is 3.75. The molecule has 0 heterocycles. The van der Waals surface area contributed by atoms with Crippen molar-refractivity contribution in [3.63, 3.8) is 0 Å². The first kappa shape index (κ1) is 15.2. The SMILES string of the molecule is O=C1c2cccc(Cl)c2C(=O)c2c(Sc3ccccc3)cccc21. The average molecular weight is 351 g/mol. The number of benzene rings is 3. The van der Waals surface area contributed by atoms with Gasteiger partial charge in [0.25, 0.3) is 0 Å². The third-order valence-corrected chi connectivity index (χ3v) is 5.34.